The van der Waals surface area contributed by atoms with Crippen LogP contribution in [0.2, 0.25) is 0 Å². The van der Waals surface area contributed by atoms with Crippen molar-refractivity contribution in [3.8, 4) is 0 Å². The molecular formula is C15H22N2. The molecule has 1 aromatic rings. The average Bonchev–Trinajstić information content (AvgIpc) is 2.74. The predicted octanol–water partition coefficient (Wildman–Crippen LogP) is 2.21. The molecule has 0 spiro atoms. The predicted molar refractivity (Wildman–Crippen MR) is 70.9 cm³/mol. The van der Waals surface area contributed by atoms with Crippen molar-refractivity contribution in [2.45, 2.75) is 25.4 Å². The SMILES string of the molecule is CN1CCCC2CN(Cc3ccccc3)CC21. The molecule has 3 rings (SSSR count). The Bertz CT molecular complexity index is 362. The number of fused-ring (bicyclic) bond motifs is 1. The van der Waals surface area contributed by atoms with Crippen molar-refractivity contribution < 1.29 is 0 Å². The summed E-state index contributed by atoms with van der Waals surface area (Å²) in [6, 6.07) is 11.7. The van der Waals surface area contributed by atoms with Gasteiger partial charge in [-0.25, -0.2) is 0 Å². The number of hydrogen-bond donors (Lipinski definition) is 0. The summed E-state index contributed by atoms with van der Waals surface area (Å²) in [5.41, 5.74) is 1.45. The van der Waals surface area contributed by atoms with Crippen LogP contribution in [0.5, 0.6) is 0 Å². The van der Waals surface area contributed by atoms with Gasteiger partial charge in [-0.05, 0) is 37.9 Å². The number of nitrogens with zero attached hydrogens (tertiary/aromatic N) is 2. The number of hydrogen-bond acceptors (Lipinski definition) is 2. The second-order valence-corrected chi connectivity index (χ2v) is 5.63. The summed E-state index contributed by atoms with van der Waals surface area (Å²) in [4.78, 5) is 5.20. The Labute approximate surface area is 104 Å². The minimum absolute atomic E-state index is 0.812. The largest absolute Gasteiger partial charge is 0.302 e. The first kappa shape index (κ1) is 11.2. The first-order valence-corrected chi connectivity index (χ1v) is 6.79. The molecule has 0 aliphatic carbocycles. The van der Waals surface area contributed by atoms with E-state index in [1.807, 2.05) is 0 Å². The number of benzene rings is 1. The minimum atomic E-state index is 0.812. The third kappa shape index (κ3) is 2.38. The molecule has 92 valence electrons. The van der Waals surface area contributed by atoms with Crippen LogP contribution in [0.15, 0.2) is 30.3 Å². The van der Waals surface area contributed by atoms with Gasteiger partial charge in [0.1, 0.15) is 0 Å². The van der Waals surface area contributed by atoms with Gasteiger partial charge in [0.25, 0.3) is 0 Å². The van der Waals surface area contributed by atoms with Gasteiger partial charge in [-0.2, -0.15) is 0 Å². The topological polar surface area (TPSA) is 6.48 Å². The number of rotatable bonds is 2. The highest BCUT2D eigenvalue weighted by atomic mass is 15.3. The molecule has 0 aromatic heterocycles. The normalized spacial score (nSPS) is 30.4. The molecule has 1 aromatic carbocycles. The highest BCUT2D eigenvalue weighted by Crippen LogP contribution is 2.30. The summed E-state index contributed by atoms with van der Waals surface area (Å²) < 4.78 is 0. The lowest BCUT2D eigenvalue weighted by Crippen LogP contribution is -2.42. The van der Waals surface area contributed by atoms with E-state index >= 15 is 0 Å². The Morgan fingerprint density at radius 2 is 2.00 bits per heavy atom. The highest BCUT2D eigenvalue weighted by molar-refractivity contribution is 5.15. The van der Waals surface area contributed by atoms with Crippen molar-refractivity contribution in [2.75, 3.05) is 26.7 Å². The molecule has 2 aliphatic heterocycles. The van der Waals surface area contributed by atoms with Gasteiger partial charge in [-0.3, -0.25) is 4.90 Å². The summed E-state index contributed by atoms with van der Waals surface area (Å²) in [5, 5.41) is 0. The van der Waals surface area contributed by atoms with Gasteiger partial charge in [0.2, 0.25) is 0 Å². The van der Waals surface area contributed by atoms with Crippen LogP contribution in [0.1, 0.15) is 18.4 Å². The van der Waals surface area contributed by atoms with E-state index in [9.17, 15) is 0 Å². The molecule has 0 bridgehead atoms. The fraction of sp³-hybridized carbons (Fsp3) is 0.600. The van der Waals surface area contributed by atoms with Gasteiger partial charge >= 0.3 is 0 Å². The first-order valence-electron chi connectivity index (χ1n) is 6.79. The van der Waals surface area contributed by atoms with Crippen LogP contribution >= 0.6 is 0 Å². The third-order valence-corrected chi connectivity index (χ3v) is 4.38. The van der Waals surface area contributed by atoms with E-state index in [1.54, 1.807) is 0 Å². The second kappa shape index (κ2) is 4.79. The fourth-order valence-electron chi connectivity index (χ4n) is 3.46. The molecule has 2 heterocycles. The molecule has 0 N–H and O–H groups in total. The van der Waals surface area contributed by atoms with Gasteiger partial charge in [0.15, 0.2) is 0 Å². The van der Waals surface area contributed by atoms with Gasteiger partial charge in [0.05, 0.1) is 0 Å². The smallest absolute Gasteiger partial charge is 0.0260 e. The van der Waals surface area contributed by atoms with E-state index in [0.717, 1.165) is 18.5 Å². The second-order valence-electron chi connectivity index (χ2n) is 5.63. The number of piperidine rings is 1. The van der Waals surface area contributed by atoms with E-state index in [1.165, 1.54) is 38.0 Å². The van der Waals surface area contributed by atoms with Crippen molar-refractivity contribution in [1.29, 1.82) is 0 Å². The first-order chi connectivity index (χ1) is 8.33. The summed E-state index contributed by atoms with van der Waals surface area (Å²) in [5.74, 6) is 0.914. The van der Waals surface area contributed by atoms with E-state index < -0.39 is 0 Å². The summed E-state index contributed by atoms with van der Waals surface area (Å²) in [6.07, 6.45) is 2.82. The highest BCUT2D eigenvalue weighted by Gasteiger charge is 2.36. The molecule has 2 unspecified atom stereocenters. The van der Waals surface area contributed by atoms with Crippen LogP contribution in [0, 0.1) is 5.92 Å². The van der Waals surface area contributed by atoms with Crippen molar-refractivity contribution >= 4 is 0 Å². The van der Waals surface area contributed by atoms with Gasteiger partial charge < -0.3 is 4.90 Å². The van der Waals surface area contributed by atoms with Gasteiger partial charge in [0, 0.05) is 25.7 Å². The van der Waals surface area contributed by atoms with Crippen LogP contribution in [-0.2, 0) is 6.54 Å². The summed E-state index contributed by atoms with van der Waals surface area (Å²) in [6.45, 7) is 4.97. The zero-order chi connectivity index (χ0) is 11.7. The Kier molecular flexibility index (Phi) is 3.17. The Hall–Kier alpha value is -0.860. The van der Waals surface area contributed by atoms with Gasteiger partial charge in [-0.1, -0.05) is 30.3 Å². The zero-order valence-corrected chi connectivity index (χ0v) is 10.7. The van der Waals surface area contributed by atoms with Crippen LogP contribution < -0.4 is 0 Å². The summed E-state index contributed by atoms with van der Waals surface area (Å²) in [7, 11) is 2.29. The minimum Gasteiger partial charge on any atom is -0.302 e. The lowest BCUT2D eigenvalue weighted by atomic mass is 9.93. The molecule has 2 aliphatic rings. The Morgan fingerprint density at radius 3 is 2.76 bits per heavy atom. The third-order valence-electron chi connectivity index (χ3n) is 4.38. The molecule has 2 heteroatoms. The maximum absolute atomic E-state index is 2.63. The lowest BCUT2D eigenvalue weighted by molar-refractivity contribution is 0.156. The molecular weight excluding hydrogens is 208 g/mol. The molecule has 0 saturated carbocycles. The van der Waals surface area contributed by atoms with E-state index in [-0.39, 0.29) is 0 Å². The molecule has 2 nitrogen and oxygen atoms in total. The van der Waals surface area contributed by atoms with Crippen molar-refractivity contribution in [3.05, 3.63) is 35.9 Å². The molecule has 2 fully saturated rings. The molecule has 2 saturated heterocycles. The standard InChI is InChI=1S/C15H22N2/c1-16-9-5-8-14-11-17(12-15(14)16)10-13-6-3-2-4-7-13/h2-4,6-7,14-15H,5,8-12H2,1H3. The monoisotopic (exact) mass is 230 g/mol. The maximum Gasteiger partial charge on any atom is 0.0260 e. The lowest BCUT2D eigenvalue weighted by Gasteiger charge is -2.33. The van der Waals surface area contributed by atoms with Crippen molar-refractivity contribution in [1.82, 2.24) is 9.80 Å². The fourth-order valence-corrected chi connectivity index (χ4v) is 3.46. The quantitative estimate of drug-likeness (QED) is 0.768. The van der Waals surface area contributed by atoms with Crippen molar-refractivity contribution in [3.63, 3.8) is 0 Å². The van der Waals surface area contributed by atoms with Crippen molar-refractivity contribution in [2.24, 2.45) is 5.92 Å². The van der Waals surface area contributed by atoms with E-state index in [2.05, 4.69) is 47.2 Å². The summed E-state index contributed by atoms with van der Waals surface area (Å²) >= 11 is 0. The molecule has 0 amide bonds. The van der Waals surface area contributed by atoms with E-state index in [0.29, 0.717) is 0 Å². The molecule has 2 atom stereocenters. The number of likely N-dealkylation sites (N-methyl/N-ethyl adjacent to an activating group) is 1. The van der Waals surface area contributed by atoms with Crippen LogP contribution in [0.3, 0.4) is 0 Å². The molecule has 17 heavy (non-hydrogen) atoms. The zero-order valence-electron chi connectivity index (χ0n) is 10.7. The maximum atomic E-state index is 2.63. The number of likely N-dealkylation sites (tertiary alicyclic amines) is 2. The molecule has 0 radical (unpaired) electrons. The van der Waals surface area contributed by atoms with Crippen LogP contribution in [-0.4, -0.2) is 42.5 Å². The Balaban J connectivity index is 1.64. The van der Waals surface area contributed by atoms with Crippen LogP contribution in [0.4, 0.5) is 0 Å². The van der Waals surface area contributed by atoms with Crippen LogP contribution in [0.25, 0.3) is 0 Å². The van der Waals surface area contributed by atoms with Gasteiger partial charge in [-0.15, -0.1) is 0 Å². The van der Waals surface area contributed by atoms with E-state index in [4.69, 9.17) is 0 Å². The average molecular weight is 230 g/mol. The Morgan fingerprint density at radius 1 is 1.18 bits per heavy atom.